The van der Waals surface area contributed by atoms with Crippen LogP contribution in [0.3, 0.4) is 0 Å². The molecule has 0 atom stereocenters. The van der Waals surface area contributed by atoms with Crippen molar-refractivity contribution in [3.63, 3.8) is 0 Å². The number of pyridine rings is 2. The Morgan fingerprint density at radius 2 is 1.91 bits per heavy atom. The van der Waals surface area contributed by atoms with E-state index in [-0.39, 0.29) is 22.7 Å². The molecule has 0 unspecified atom stereocenters. The molecule has 8 nitrogen and oxygen atoms in total. The van der Waals surface area contributed by atoms with Gasteiger partial charge in [-0.25, -0.2) is 4.98 Å². The second-order valence-electron chi connectivity index (χ2n) is 8.54. The van der Waals surface area contributed by atoms with E-state index in [9.17, 15) is 9.59 Å². The Kier molecular flexibility index (Phi) is 6.88. The second kappa shape index (κ2) is 10.0. The summed E-state index contributed by atoms with van der Waals surface area (Å²) in [6.07, 6.45) is 2.39. The van der Waals surface area contributed by atoms with Gasteiger partial charge in [0.15, 0.2) is 0 Å². The van der Waals surface area contributed by atoms with Crippen LogP contribution in [-0.2, 0) is 17.8 Å². The van der Waals surface area contributed by atoms with Crippen molar-refractivity contribution in [1.82, 2.24) is 19.3 Å². The molecule has 4 rings (SSSR count). The lowest BCUT2D eigenvalue weighted by molar-refractivity contribution is 0.0748. The fourth-order valence-corrected chi connectivity index (χ4v) is 3.90. The summed E-state index contributed by atoms with van der Waals surface area (Å²) in [4.78, 5) is 31.2. The number of aryl methyl sites for hydroxylation is 2. The van der Waals surface area contributed by atoms with Crippen LogP contribution in [0.4, 0.5) is 0 Å². The van der Waals surface area contributed by atoms with Crippen molar-refractivity contribution in [3.05, 3.63) is 87.3 Å². The smallest absolute Gasteiger partial charge is 0.267 e. The van der Waals surface area contributed by atoms with Gasteiger partial charge < -0.3 is 14.6 Å². The Hall–Kier alpha value is -3.78. The number of nitrogens with zero attached hydrogens (tertiary/aromatic N) is 3. The van der Waals surface area contributed by atoms with E-state index in [1.165, 1.54) is 10.5 Å². The summed E-state index contributed by atoms with van der Waals surface area (Å²) in [7, 11) is 0. The van der Waals surface area contributed by atoms with Gasteiger partial charge in [0.25, 0.3) is 11.5 Å². The van der Waals surface area contributed by atoms with E-state index in [0.717, 1.165) is 11.1 Å². The summed E-state index contributed by atoms with van der Waals surface area (Å²) >= 11 is 0. The van der Waals surface area contributed by atoms with Crippen LogP contribution in [0.15, 0.2) is 59.5 Å². The maximum Gasteiger partial charge on any atom is 0.267 e. The molecule has 0 bridgehead atoms. The largest absolute Gasteiger partial charge is 0.379 e. The maximum atomic E-state index is 13.4. The zero-order chi connectivity index (χ0) is 24.2. The van der Waals surface area contributed by atoms with Gasteiger partial charge in [-0.2, -0.15) is 0 Å². The second-order valence-corrected chi connectivity index (χ2v) is 8.54. The monoisotopic (exact) mass is 459 g/mol. The van der Waals surface area contributed by atoms with E-state index in [1.807, 2.05) is 57.2 Å². The number of hydrogen-bond donors (Lipinski definition) is 2. The highest BCUT2D eigenvalue weighted by atomic mass is 16.5. The predicted octanol–water partition coefficient (Wildman–Crippen LogP) is 3.18. The van der Waals surface area contributed by atoms with Crippen LogP contribution in [0.2, 0.25) is 0 Å². The number of hydrogen-bond acceptors (Lipinski definition) is 5. The molecule has 2 N–H and O–H groups in total. The molecule has 0 fully saturated rings. The van der Waals surface area contributed by atoms with Crippen molar-refractivity contribution in [2.45, 2.75) is 46.4 Å². The fourth-order valence-electron chi connectivity index (χ4n) is 3.90. The highest BCUT2D eigenvalue weighted by Crippen LogP contribution is 2.13. The number of ether oxygens (including phenoxy) is 1. The van der Waals surface area contributed by atoms with E-state index in [2.05, 4.69) is 5.32 Å². The molecule has 0 aliphatic rings. The van der Waals surface area contributed by atoms with Crippen LogP contribution in [-0.4, -0.2) is 32.6 Å². The number of aromatic nitrogens is 3. The van der Waals surface area contributed by atoms with Crippen LogP contribution in [0.25, 0.3) is 16.7 Å². The van der Waals surface area contributed by atoms with Crippen molar-refractivity contribution in [3.8, 4) is 0 Å². The zero-order valence-corrected chi connectivity index (χ0v) is 19.7. The van der Waals surface area contributed by atoms with Crippen LogP contribution in [0, 0.1) is 12.3 Å². The Labute approximate surface area is 197 Å². The van der Waals surface area contributed by atoms with Gasteiger partial charge in [-0.15, -0.1) is 0 Å². The van der Waals surface area contributed by atoms with Crippen molar-refractivity contribution in [1.29, 1.82) is 5.41 Å². The molecule has 34 heavy (non-hydrogen) atoms. The van der Waals surface area contributed by atoms with Gasteiger partial charge in [-0.3, -0.25) is 19.4 Å². The molecular formula is C26H29N5O3. The third-order valence-electron chi connectivity index (χ3n) is 5.65. The summed E-state index contributed by atoms with van der Waals surface area (Å²) in [5, 5.41) is 12.0. The number of carbonyl (C=O) groups is 1. The van der Waals surface area contributed by atoms with E-state index in [0.29, 0.717) is 42.8 Å². The summed E-state index contributed by atoms with van der Waals surface area (Å²) in [6, 6.07) is 14.7. The molecule has 0 saturated heterocycles. The highest BCUT2D eigenvalue weighted by Gasteiger charge is 2.18. The quantitative estimate of drug-likeness (QED) is 0.312. The first-order chi connectivity index (χ1) is 16.4. The third kappa shape index (κ3) is 4.77. The van der Waals surface area contributed by atoms with Gasteiger partial charge in [0.1, 0.15) is 16.8 Å². The number of carbonyl (C=O) groups excluding carboxylic acids is 1. The number of fused-ring (bicyclic) bond motifs is 2. The number of nitrogens with one attached hydrogen (secondary N) is 2. The molecule has 0 aliphatic carbocycles. The molecule has 8 heteroatoms. The van der Waals surface area contributed by atoms with E-state index in [1.54, 1.807) is 16.8 Å². The van der Waals surface area contributed by atoms with E-state index in [4.69, 9.17) is 15.1 Å². The summed E-state index contributed by atoms with van der Waals surface area (Å²) < 4.78 is 8.78. The Morgan fingerprint density at radius 1 is 1.15 bits per heavy atom. The minimum atomic E-state index is -0.406. The topological polar surface area (TPSA) is 101 Å². The van der Waals surface area contributed by atoms with Crippen molar-refractivity contribution in [2.75, 3.05) is 6.61 Å². The van der Waals surface area contributed by atoms with Gasteiger partial charge in [0.2, 0.25) is 0 Å². The highest BCUT2D eigenvalue weighted by molar-refractivity contribution is 5.96. The van der Waals surface area contributed by atoms with Crippen molar-refractivity contribution < 1.29 is 9.53 Å². The van der Waals surface area contributed by atoms with Gasteiger partial charge >= 0.3 is 0 Å². The average Bonchev–Trinajstić information content (AvgIpc) is 2.82. The van der Waals surface area contributed by atoms with E-state index < -0.39 is 5.91 Å². The number of amides is 1. The van der Waals surface area contributed by atoms with Gasteiger partial charge in [-0.05, 0) is 50.5 Å². The first-order valence-electron chi connectivity index (χ1n) is 11.4. The normalized spacial score (nSPS) is 11.4. The molecule has 176 valence electrons. The summed E-state index contributed by atoms with van der Waals surface area (Å²) in [6.45, 7) is 7.05. The minimum absolute atomic E-state index is 0.0208. The number of benzene rings is 1. The van der Waals surface area contributed by atoms with Crippen molar-refractivity contribution >= 4 is 22.6 Å². The fraction of sp³-hybridized carbons (Fsp3) is 0.308. The molecule has 0 spiro atoms. The SMILES string of the molecule is Cc1cccn2c(=O)c3cc(C(=O)NCc4ccccc4)c(=N)n(CCCOC(C)C)c3nc12. The Balaban J connectivity index is 1.80. The van der Waals surface area contributed by atoms with Crippen LogP contribution < -0.4 is 16.4 Å². The predicted molar refractivity (Wildman–Crippen MR) is 131 cm³/mol. The van der Waals surface area contributed by atoms with Gasteiger partial charge in [0, 0.05) is 25.9 Å². The Morgan fingerprint density at radius 3 is 2.65 bits per heavy atom. The Bertz CT molecular complexity index is 1460. The summed E-state index contributed by atoms with van der Waals surface area (Å²) in [5.41, 5.74) is 2.62. The van der Waals surface area contributed by atoms with Crippen LogP contribution in [0.1, 0.15) is 41.8 Å². The van der Waals surface area contributed by atoms with Gasteiger partial charge in [0.05, 0.1) is 17.1 Å². The molecule has 0 aliphatic heterocycles. The first kappa shape index (κ1) is 23.4. The summed E-state index contributed by atoms with van der Waals surface area (Å²) in [5.74, 6) is -0.406. The third-order valence-corrected chi connectivity index (χ3v) is 5.65. The molecule has 4 aromatic rings. The zero-order valence-electron chi connectivity index (χ0n) is 19.7. The maximum absolute atomic E-state index is 13.4. The molecule has 1 aromatic carbocycles. The van der Waals surface area contributed by atoms with Crippen LogP contribution in [0.5, 0.6) is 0 Å². The lowest BCUT2D eigenvalue weighted by Crippen LogP contribution is -2.35. The minimum Gasteiger partial charge on any atom is -0.379 e. The first-order valence-corrected chi connectivity index (χ1v) is 11.4. The number of rotatable bonds is 8. The van der Waals surface area contributed by atoms with Gasteiger partial charge in [-0.1, -0.05) is 36.4 Å². The molecule has 0 saturated carbocycles. The van der Waals surface area contributed by atoms with Crippen molar-refractivity contribution in [2.24, 2.45) is 0 Å². The lowest BCUT2D eigenvalue weighted by Gasteiger charge is -2.16. The average molecular weight is 460 g/mol. The van der Waals surface area contributed by atoms with E-state index >= 15 is 0 Å². The molecule has 1 amide bonds. The molecule has 3 aromatic heterocycles. The lowest BCUT2D eigenvalue weighted by atomic mass is 10.1. The molecule has 3 heterocycles. The van der Waals surface area contributed by atoms with Crippen LogP contribution >= 0.6 is 0 Å². The standard InChI is InChI=1S/C26H29N5O3/c1-17(2)34-14-8-13-30-22(27)20(25(32)28-16-19-10-5-4-6-11-19)15-21-24(30)29-23-18(3)9-7-12-31(23)26(21)33/h4-7,9-12,15,17,27H,8,13-14,16H2,1-3H3,(H,28,32). The molecule has 0 radical (unpaired) electrons. The molecular weight excluding hydrogens is 430 g/mol.